The van der Waals surface area contributed by atoms with Gasteiger partial charge < -0.3 is 15.2 Å². The molecule has 0 atom stereocenters. The molecule has 0 saturated heterocycles. The number of benzene rings is 2. The molecule has 2 N–H and O–H groups in total. The van der Waals surface area contributed by atoms with Crippen LogP contribution in [0.5, 0.6) is 17.2 Å². The summed E-state index contributed by atoms with van der Waals surface area (Å²) in [7, 11) is 0. The number of rotatable bonds is 9. The predicted molar refractivity (Wildman–Crippen MR) is 130 cm³/mol. The van der Waals surface area contributed by atoms with Crippen molar-refractivity contribution in [2.75, 3.05) is 11.9 Å². The van der Waals surface area contributed by atoms with Gasteiger partial charge in [-0.05, 0) is 85.8 Å². The average molecular weight is 548 g/mol. The van der Waals surface area contributed by atoms with Gasteiger partial charge in [0.05, 0.1) is 14.6 Å². The molecule has 1 aromatic heterocycles. The van der Waals surface area contributed by atoms with E-state index in [2.05, 4.69) is 42.2 Å². The number of carbonyl (C=O) groups is 1. The van der Waals surface area contributed by atoms with Crippen molar-refractivity contribution >= 4 is 43.3 Å². The number of ketones is 1. The average Bonchev–Trinajstić information content (AvgIpc) is 2.72. The molecule has 0 spiro atoms. The molecular weight excluding hydrogens is 524 g/mol. The van der Waals surface area contributed by atoms with Crippen molar-refractivity contribution in [2.45, 2.75) is 32.6 Å². The number of nitrogens with one attached hydrogen (secondary N) is 1. The molecule has 7 heteroatoms. The van der Waals surface area contributed by atoms with E-state index in [0.717, 1.165) is 25.8 Å². The number of carbonyl (C=O) groups excluding carboxylic acids is 1. The van der Waals surface area contributed by atoms with Gasteiger partial charge in [-0.3, -0.25) is 9.78 Å². The van der Waals surface area contributed by atoms with Gasteiger partial charge in [0, 0.05) is 37.3 Å². The number of Topliss-reactive ketones (excluding diaryl/α,β-unsaturated/α-hetero) is 1. The van der Waals surface area contributed by atoms with Crippen LogP contribution in [0, 0.1) is 0 Å². The lowest BCUT2D eigenvalue weighted by Gasteiger charge is -2.14. The fourth-order valence-electron chi connectivity index (χ4n) is 3.12. The number of hydrogen-bond donors (Lipinski definition) is 2. The van der Waals surface area contributed by atoms with E-state index in [0.29, 0.717) is 30.9 Å². The smallest absolute Gasteiger partial charge is 0.155 e. The number of nitrogens with zero attached hydrogens (tertiary/aromatic N) is 1. The van der Waals surface area contributed by atoms with Crippen molar-refractivity contribution in [3.63, 3.8) is 0 Å². The monoisotopic (exact) mass is 546 g/mol. The highest BCUT2D eigenvalue weighted by atomic mass is 79.9. The van der Waals surface area contributed by atoms with Crippen molar-refractivity contribution in [1.29, 1.82) is 0 Å². The van der Waals surface area contributed by atoms with E-state index in [4.69, 9.17) is 4.74 Å². The van der Waals surface area contributed by atoms with Crippen LogP contribution < -0.4 is 10.1 Å². The van der Waals surface area contributed by atoms with E-state index < -0.39 is 0 Å². The molecule has 0 aliphatic rings. The summed E-state index contributed by atoms with van der Waals surface area (Å²) in [6, 6.07) is 12.8. The van der Waals surface area contributed by atoms with Crippen LogP contribution in [0.1, 0.15) is 37.3 Å². The second-order valence-corrected chi connectivity index (χ2v) is 9.21. The number of phenols is 1. The highest BCUT2D eigenvalue weighted by Gasteiger charge is 2.14. The summed E-state index contributed by atoms with van der Waals surface area (Å²) in [6.45, 7) is 4.60. The fraction of sp³-hybridized carbons (Fsp3) is 0.250. The molecular formula is C24H24Br2N2O3. The van der Waals surface area contributed by atoms with Crippen LogP contribution in [-0.4, -0.2) is 22.4 Å². The maximum Gasteiger partial charge on any atom is 0.155 e. The summed E-state index contributed by atoms with van der Waals surface area (Å²) in [5, 5.41) is 13.2. The van der Waals surface area contributed by atoms with Crippen LogP contribution >= 0.6 is 31.9 Å². The van der Waals surface area contributed by atoms with Crippen LogP contribution in [0.2, 0.25) is 0 Å². The molecule has 3 aromatic rings. The van der Waals surface area contributed by atoms with E-state index in [1.54, 1.807) is 24.5 Å². The first-order chi connectivity index (χ1) is 14.8. The van der Waals surface area contributed by atoms with Crippen molar-refractivity contribution in [3.8, 4) is 17.2 Å². The third-order valence-electron chi connectivity index (χ3n) is 4.69. The Hall–Kier alpha value is -2.38. The number of pyridine rings is 1. The largest absolute Gasteiger partial charge is 0.508 e. The van der Waals surface area contributed by atoms with Crippen LogP contribution in [0.25, 0.3) is 0 Å². The van der Waals surface area contributed by atoms with Gasteiger partial charge in [-0.1, -0.05) is 13.8 Å². The van der Waals surface area contributed by atoms with E-state index in [9.17, 15) is 9.90 Å². The number of halogens is 2. The molecule has 0 aliphatic carbocycles. The molecule has 0 radical (unpaired) electrons. The molecule has 162 valence electrons. The minimum atomic E-state index is 0.143. The van der Waals surface area contributed by atoms with Gasteiger partial charge in [-0.2, -0.15) is 0 Å². The van der Waals surface area contributed by atoms with Crippen molar-refractivity contribution in [1.82, 2.24) is 4.98 Å². The Kier molecular flexibility index (Phi) is 8.09. The summed E-state index contributed by atoms with van der Waals surface area (Å²) >= 11 is 7.11. The molecule has 0 amide bonds. The third kappa shape index (κ3) is 6.55. The van der Waals surface area contributed by atoms with E-state index in [1.165, 1.54) is 0 Å². The standard InChI is InChI=1S/C24H24Br2N2O3/c1-15(2)20-13-19(5-6-23(20)30)31-24-21(25)11-16(12-22(24)26)10-18(29)7-9-28-17-4-3-8-27-14-17/h3-6,8,11-15,28,30H,7,9-10H2,1-2H3. The number of hydrogen-bond acceptors (Lipinski definition) is 5. The molecule has 3 rings (SSSR count). The lowest BCUT2D eigenvalue weighted by molar-refractivity contribution is -0.118. The van der Waals surface area contributed by atoms with E-state index in [-0.39, 0.29) is 17.5 Å². The molecule has 5 nitrogen and oxygen atoms in total. The van der Waals surface area contributed by atoms with Gasteiger partial charge in [0.2, 0.25) is 0 Å². The predicted octanol–water partition coefficient (Wildman–Crippen LogP) is 6.84. The maximum absolute atomic E-state index is 12.4. The van der Waals surface area contributed by atoms with Crippen molar-refractivity contribution < 1.29 is 14.6 Å². The number of aromatic nitrogens is 1. The second-order valence-electron chi connectivity index (χ2n) is 7.50. The first-order valence-corrected chi connectivity index (χ1v) is 11.6. The lowest BCUT2D eigenvalue weighted by Crippen LogP contribution is -2.11. The van der Waals surface area contributed by atoms with Gasteiger partial charge in [0.1, 0.15) is 17.3 Å². The van der Waals surface area contributed by atoms with Crippen LogP contribution in [-0.2, 0) is 11.2 Å². The van der Waals surface area contributed by atoms with Crippen LogP contribution in [0.4, 0.5) is 5.69 Å². The van der Waals surface area contributed by atoms with Gasteiger partial charge in [0.15, 0.2) is 5.75 Å². The minimum absolute atomic E-state index is 0.143. The molecule has 0 unspecified atom stereocenters. The zero-order valence-corrected chi connectivity index (χ0v) is 20.5. The zero-order chi connectivity index (χ0) is 22.4. The number of aromatic hydroxyl groups is 1. The third-order valence-corrected chi connectivity index (χ3v) is 5.87. The summed E-state index contributed by atoms with van der Waals surface area (Å²) in [4.78, 5) is 16.4. The first-order valence-electron chi connectivity index (χ1n) is 9.97. The molecule has 1 heterocycles. The number of anilines is 1. The van der Waals surface area contributed by atoms with Gasteiger partial charge in [-0.25, -0.2) is 0 Å². The molecule has 0 aliphatic heterocycles. The number of phenolic OH excluding ortho intramolecular Hbond substituents is 1. The summed E-state index contributed by atoms with van der Waals surface area (Å²) in [5.41, 5.74) is 2.62. The summed E-state index contributed by atoms with van der Waals surface area (Å²) in [5.74, 6) is 1.83. The Labute approximate surface area is 199 Å². The van der Waals surface area contributed by atoms with E-state index >= 15 is 0 Å². The lowest BCUT2D eigenvalue weighted by atomic mass is 10.0. The zero-order valence-electron chi connectivity index (χ0n) is 17.4. The quantitative estimate of drug-likeness (QED) is 0.307. The van der Waals surface area contributed by atoms with Gasteiger partial charge >= 0.3 is 0 Å². The highest BCUT2D eigenvalue weighted by Crippen LogP contribution is 2.39. The minimum Gasteiger partial charge on any atom is -0.508 e. The van der Waals surface area contributed by atoms with Gasteiger partial charge in [-0.15, -0.1) is 0 Å². The molecule has 31 heavy (non-hydrogen) atoms. The Morgan fingerprint density at radius 1 is 1.16 bits per heavy atom. The Morgan fingerprint density at radius 3 is 2.55 bits per heavy atom. The topological polar surface area (TPSA) is 71.5 Å². The van der Waals surface area contributed by atoms with Crippen LogP contribution in [0.15, 0.2) is 63.8 Å². The molecule has 0 bridgehead atoms. The summed E-state index contributed by atoms with van der Waals surface area (Å²) in [6.07, 6.45) is 4.21. The SMILES string of the molecule is CC(C)c1cc(Oc2c(Br)cc(CC(=O)CCNc3cccnc3)cc2Br)ccc1O. The Balaban J connectivity index is 1.63. The summed E-state index contributed by atoms with van der Waals surface area (Å²) < 4.78 is 7.55. The molecule has 2 aromatic carbocycles. The molecule has 0 saturated carbocycles. The van der Waals surface area contributed by atoms with Crippen LogP contribution in [0.3, 0.4) is 0 Å². The highest BCUT2D eigenvalue weighted by molar-refractivity contribution is 9.11. The number of ether oxygens (including phenoxy) is 1. The van der Waals surface area contributed by atoms with Gasteiger partial charge in [0.25, 0.3) is 0 Å². The molecule has 0 fully saturated rings. The first kappa shape index (κ1) is 23.3. The van der Waals surface area contributed by atoms with E-state index in [1.807, 2.05) is 44.2 Å². The van der Waals surface area contributed by atoms with Crippen molar-refractivity contribution in [3.05, 3.63) is 74.9 Å². The second kappa shape index (κ2) is 10.8. The Bertz CT molecular complexity index is 1030. The van der Waals surface area contributed by atoms with Crippen molar-refractivity contribution in [2.24, 2.45) is 0 Å². The Morgan fingerprint density at radius 2 is 1.90 bits per heavy atom. The fourth-order valence-corrected chi connectivity index (χ4v) is 4.56. The normalized spacial score (nSPS) is 10.9. The maximum atomic E-state index is 12.4.